The maximum absolute atomic E-state index is 12.8. The Morgan fingerprint density at radius 1 is 1.21 bits per heavy atom. The average molecular weight is 350 g/mol. The molecule has 1 aromatic heterocycles. The molecule has 130 valence electrons. The van der Waals surface area contributed by atoms with Crippen LogP contribution < -0.4 is 4.72 Å². The molecule has 0 aliphatic carbocycles. The van der Waals surface area contributed by atoms with Gasteiger partial charge in [0, 0.05) is 11.3 Å². The summed E-state index contributed by atoms with van der Waals surface area (Å²) in [4.78, 5) is 14.9. The summed E-state index contributed by atoms with van der Waals surface area (Å²) in [6, 6.07) is 7.23. The van der Waals surface area contributed by atoms with Gasteiger partial charge < -0.3 is 9.72 Å². The van der Waals surface area contributed by atoms with E-state index in [9.17, 15) is 13.2 Å². The van der Waals surface area contributed by atoms with Crippen molar-refractivity contribution in [3.8, 4) is 0 Å². The molecule has 1 heterocycles. The average Bonchev–Trinajstić information content (AvgIpc) is 2.83. The zero-order valence-corrected chi connectivity index (χ0v) is 15.1. The molecule has 0 amide bonds. The van der Waals surface area contributed by atoms with Crippen LogP contribution in [0.4, 0.5) is 5.69 Å². The Bertz CT molecular complexity index is 853. The van der Waals surface area contributed by atoms with E-state index in [1.54, 1.807) is 32.9 Å². The van der Waals surface area contributed by atoms with Gasteiger partial charge in [-0.05, 0) is 38.8 Å². The number of H-pyrrole nitrogens is 1. The van der Waals surface area contributed by atoms with Crippen LogP contribution in [0.1, 0.15) is 41.2 Å². The number of carbonyl (C=O) groups is 1. The fourth-order valence-corrected chi connectivity index (χ4v) is 4.22. The van der Waals surface area contributed by atoms with Crippen LogP contribution in [0.3, 0.4) is 0 Å². The number of rotatable bonds is 6. The highest BCUT2D eigenvalue weighted by Gasteiger charge is 2.27. The van der Waals surface area contributed by atoms with Gasteiger partial charge in [-0.3, -0.25) is 4.72 Å². The van der Waals surface area contributed by atoms with Gasteiger partial charge in [0.15, 0.2) is 0 Å². The molecule has 7 heteroatoms. The Kier molecular flexibility index (Phi) is 5.33. The predicted octanol–water partition coefficient (Wildman–Crippen LogP) is 3.17. The normalized spacial score (nSPS) is 11.3. The second-order valence-electron chi connectivity index (χ2n) is 5.42. The van der Waals surface area contributed by atoms with Crippen molar-refractivity contribution >= 4 is 21.7 Å². The number of nitrogens with one attached hydrogen (secondary N) is 2. The number of ether oxygens (including phenoxy) is 1. The summed E-state index contributed by atoms with van der Waals surface area (Å²) in [7, 11) is -3.82. The number of hydrogen-bond donors (Lipinski definition) is 2. The lowest BCUT2D eigenvalue weighted by Crippen LogP contribution is -2.16. The predicted molar refractivity (Wildman–Crippen MR) is 92.9 cm³/mol. The van der Waals surface area contributed by atoms with Crippen LogP contribution in [0.15, 0.2) is 29.2 Å². The van der Waals surface area contributed by atoms with E-state index in [2.05, 4.69) is 9.71 Å². The molecule has 2 N–H and O–H groups in total. The lowest BCUT2D eigenvalue weighted by atomic mass is 10.1. The summed E-state index contributed by atoms with van der Waals surface area (Å²) >= 11 is 0. The Labute approximate surface area is 142 Å². The van der Waals surface area contributed by atoms with Gasteiger partial charge in [0.2, 0.25) is 0 Å². The zero-order chi connectivity index (χ0) is 17.9. The highest BCUT2D eigenvalue weighted by atomic mass is 32.2. The Hall–Kier alpha value is -2.28. The fourth-order valence-electron chi connectivity index (χ4n) is 2.67. The monoisotopic (exact) mass is 350 g/mol. The standard InChI is InChI=1S/C17H22N2O4S/c1-5-13-9-7-8-10-14(13)19-24(21,22)16-11(3)15(18-12(16)4)17(20)23-6-2/h7-10,18-19H,5-6H2,1-4H3. The van der Waals surface area contributed by atoms with Crippen LogP contribution >= 0.6 is 0 Å². The van der Waals surface area contributed by atoms with E-state index < -0.39 is 16.0 Å². The topological polar surface area (TPSA) is 88.3 Å². The number of aryl methyl sites for hydroxylation is 2. The molecule has 0 atom stereocenters. The molecule has 2 aromatic rings. The van der Waals surface area contributed by atoms with Gasteiger partial charge in [0.25, 0.3) is 10.0 Å². The number of sulfonamides is 1. The third-order valence-corrected chi connectivity index (χ3v) is 5.40. The number of esters is 1. The van der Waals surface area contributed by atoms with E-state index in [1.165, 1.54) is 0 Å². The number of aromatic amines is 1. The molecule has 0 aliphatic heterocycles. The van der Waals surface area contributed by atoms with Gasteiger partial charge >= 0.3 is 5.97 Å². The summed E-state index contributed by atoms with van der Waals surface area (Å²) in [5, 5.41) is 0. The van der Waals surface area contributed by atoms with Crippen molar-refractivity contribution in [2.75, 3.05) is 11.3 Å². The van der Waals surface area contributed by atoms with Crippen molar-refractivity contribution < 1.29 is 17.9 Å². The molecule has 0 saturated heterocycles. The fraction of sp³-hybridized carbons (Fsp3) is 0.353. The van der Waals surface area contributed by atoms with E-state index >= 15 is 0 Å². The minimum absolute atomic E-state index is 0.0801. The summed E-state index contributed by atoms with van der Waals surface area (Å²) in [5.41, 5.74) is 2.36. The summed E-state index contributed by atoms with van der Waals surface area (Å²) in [5.74, 6) is -0.562. The molecule has 1 aromatic carbocycles. The lowest BCUT2D eigenvalue weighted by Gasteiger charge is -2.12. The van der Waals surface area contributed by atoms with Crippen molar-refractivity contribution in [1.29, 1.82) is 0 Å². The summed E-state index contributed by atoms with van der Waals surface area (Å²) in [6.07, 6.45) is 0.706. The summed E-state index contributed by atoms with van der Waals surface area (Å²) in [6.45, 7) is 7.09. The van der Waals surface area contributed by atoms with Gasteiger partial charge in [-0.2, -0.15) is 0 Å². The van der Waals surface area contributed by atoms with Gasteiger partial charge in [0.1, 0.15) is 10.6 Å². The number of para-hydroxylation sites is 1. The van der Waals surface area contributed by atoms with Crippen LogP contribution in [0.25, 0.3) is 0 Å². The van der Waals surface area contributed by atoms with Crippen LogP contribution in [0.5, 0.6) is 0 Å². The molecule has 0 radical (unpaired) electrons. The first-order valence-electron chi connectivity index (χ1n) is 7.78. The van der Waals surface area contributed by atoms with Gasteiger partial charge in [-0.25, -0.2) is 13.2 Å². The third-order valence-electron chi connectivity index (χ3n) is 3.76. The van der Waals surface area contributed by atoms with Gasteiger partial charge in [0.05, 0.1) is 12.3 Å². The number of anilines is 1. The minimum atomic E-state index is -3.82. The van der Waals surface area contributed by atoms with E-state index in [0.717, 1.165) is 5.56 Å². The van der Waals surface area contributed by atoms with E-state index in [-0.39, 0.29) is 17.2 Å². The first kappa shape index (κ1) is 18.1. The molecule has 0 unspecified atom stereocenters. The van der Waals surface area contributed by atoms with Crippen molar-refractivity contribution in [3.05, 3.63) is 46.8 Å². The van der Waals surface area contributed by atoms with Crippen LogP contribution in [-0.4, -0.2) is 26.0 Å². The first-order chi connectivity index (χ1) is 11.3. The smallest absolute Gasteiger partial charge is 0.355 e. The molecule has 0 bridgehead atoms. The van der Waals surface area contributed by atoms with Crippen molar-refractivity contribution in [2.45, 2.75) is 39.0 Å². The lowest BCUT2D eigenvalue weighted by molar-refractivity contribution is 0.0519. The molecule has 6 nitrogen and oxygen atoms in total. The molecule has 0 fully saturated rings. The molecule has 0 saturated carbocycles. The molecular formula is C17H22N2O4S. The minimum Gasteiger partial charge on any atom is -0.461 e. The highest BCUT2D eigenvalue weighted by Crippen LogP contribution is 2.27. The van der Waals surface area contributed by atoms with Crippen molar-refractivity contribution in [2.24, 2.45) is 0 Å². The maximum atomic E-state index is 12.8. The third kappa shape index (κ3) is 3.46. The van der Waals surface area contributed by atoms with E-state index in [1.807, 2.05) is 19.1 Å². The number of benzene rings is 1. The van der Waals surface area contributed by atoms with Crippen LogP contribution in [-0.2, 0) is 21.2 Å². The first-order valence-corrected chi connectivity index (χ1v) is 9.27. The van der Waals surface area contributed by atoms with Crippen molar-refractivity contribution in [3.63, 3.8) is 0 Å². The number of carbonyl (C=O) groups excluding carboxylic acids is 1. The van der Waals surface area contributed by atoms with E-state index in [4.69, 9.17) is 4.74 Å². The molecule has 0 spiro atoms. The highest BCUT2D eigenvalue weighted by molar-refractivity contribution is 7.92. The largest absolute Gasteiger partial charge is 0.461 e. The molecule has 0 aliphatic rings. The van der Waals surface area contributed by atoms with Gasteiger partial charge in [-0.1, -0.05) is 25.1 Å². The zero-order valence-electron chi connectivity index (χ0n) is 14.3. The summed E-state index contributed by atoms with van der Waals surface area (Å²) < 4.78 is 33.2. The van der Waals surface area contributed by atoms with Crippen LogP contribution in [0, 0.1) is 13.8 Å². The molecule has 24 heavy (non-hydrogen) atoms. The second kappa shape index (κ2) is 7.09. The molecular weight excluding hydrogens is 328 g/mol. The Balaban J connectivity index is 2.45. The number of aromatic nitrogens is 1. The molecule has 2 rings (SSSR count). The SMILES string of the molecule is CCOC(=O)c1[nH]c(C)c(S(=O)(=O)Nc2ccccc2CC)c1C. The quantitative estimate of drug-likeness (QED) is 0.783. The second-order valence-corrected chi connectivity index (χ2v) is 7.04. The van der Waals surface area contributed by atoms with Gasteiger partial charge in [-0.15, -0.1) is 0 Å². The Morgan fingerprint density at radius 3 is 2.50 bits per heavy atom. The maximum Gasteiger partial charge on any atom is 0.355 e. The van der Waals surface area contributed by atoms with Crippen LogP contribution in [0.2, 0.25) is 0 Å². The van der Waals surface area contributed by atoms with Crippen molar-refractivity contribution in [1.82, 2.24) is 4.98 Å². The van der Waals surface area contributed by atoms with E-state index in [0.29, 0.717) is 23.4 Å². The number of hydrogen-bond acceptors (Lipinski definition) is 4. The Morgan fingerprint density at radius 2 is 1.88 bits per heavy atom.